The minimum Gasteiger partial charge on any atom is -0.368 e. The van der Waals surface area contributed by atoms with Crippen molar-refractivity contribution in [1.29, 1.82) is 0 Å². The Hall–Kier alpha value is -1.85. The van der Waals surface area contributed by atoms with E-state index in [4.69, 9.17) is 16.3 Å². The molecule has 2 aromatic rings. The molecular weight excluding hydrogens is 290 g/mol. The number of hydrogen-bond acceptors (Lipinski definition) is 3. The fourth-order valence-corrected chi connectivity index (χ4v) is 2.71. The van der Waals surface area contributed by atoms with E-state index in [1.807, 2.05) is 29.1 Å². The summed E-state index contributed by atoms with van der Waals surface area (Å²) < 4.78 is 7.42. The Bertz CT molecular complexity index is 615. The van der Waals surface area contributed by atoms with Crippen molar-refractivity contribution < 1.29 is 9.53 Å². The average molecular weight is 306 g/mol. The monoisotopic (exact) mass is 305 g/mol. The number of para-hydroxylation sites is 1. The van der Waals surface area contributed by atoms with Gasteiger partial charge in [0.2, 0.25) is 0 Å². The molecule has 0 unspecified atom stereocenters. The largest absolute Gasteiger partial charge is 0.368 e. The molecule has 1 aliphatic rings. The highest BCUT2D eigenvalue weighted by Gasteiger charge is 2.34. The Labute approximate surface area is 127 Å². The normalized spacial score (nSPS) is 21.4. The fourth-order valence-electron chi connectivity index (χ4n) is 2.53. The number of ether oxygens (including phenoxy) is 1. The van der Waals surface area contributed by atoms with Crippen LogP contribution in [0.3, 0.4) is 0 Å². The van der Waals surface area contributed by atoms with Gasteiger partial charge in [-0.25, -0.2) is 0 Å². The first kappa shape index (κ1) is 14.1. The van der Waals surface area contributed by atoms with Crippen molar-refractivity contribution in [3.63, 3.8) is 0 Å². The summed E-state index contributed by atoms with van der Waals surface area (Å²) in [6.07, 6.45) is 4.00. The summed E-state index contributed by atoms with van der Waals surface area (Å²) in [5, 5.41) is 7.54. The molecule has 3 rings (SSSR count). The van der Waals surface area contributed by atoms with Crippen molar-refractivity contribution in [3.8, 4) is 0 Å². The van der Waals surface area contributed by atoms with E-state index in [-0.39, 0.29) is 11.8 Å². The summed E-state index contributed by atoms with van der Waals surface area (Å²) in [7, 11) is 0. The fraction of sp³-hybridized carbons (Fsp3) is 0.333. The molecule has 21 heavy (non-hydrogen) atoms. The van der Waals surface area contributed by atoms with Crippen molar-refractivity contribution >= 4 is 23.2 Å². The third kappa shape index (κ3) is 3.25. The van der Waals surface area contributed by atoms with E-state index < -0.39 is 6.10 Å². The van der Waals surface area contributed by atoms with E-state index in [9.17, 15) is 4.79 Å². The maximum atomic E-state index is 12.4. The zero-order chi connectivity index (χ0) is 14.7. The first-order chi connectivity index (χ1) is 10.2. The SMILES string of the molecule is O=C(Nc1ccccc1Cl)[C@@H]1OCC[C@@H]1Cn1cccn1. The van der Waals surface area contributed by atoms with Gasteiger partial charge in [0.1, 0.15) is 6.10 Å². The highest BCUT2D eigenvalue weighted by Crippen LogP contribution is 2.26. The van der Waals surface area contributed by atoms with Gasteiger partial charge in [-0.15, -0.1) is 0 Å². The average Bonchev–Trinajstić information content (AvgIpc) is 3.13. The number of anilines is 1. The Kier molecular flexibility index (Phi) is 4.22. The number of nitrogens with zero attached hydrogens (tertiary/aromatic N) is 2. The van der Waals surface area contributed by atoms with Gasteiger partial charge in [-0.2, -0.15) is 5.10 Å². The molecule has 1 aromatic heterocycles. The van der Waals surface area contributed by atoms with Crippen LogP contribution >= 0.6 is 11.6 Å². The van der Waals surface area contributed by atoms with Crippen LogP contribution in [0.5, 0.6) is 0 Å². The molecular formula is C15H16ClN3O2. The standard InChI is InChI=1S/C15H16ClN3O2/c16-12-4-1-2-5-13(12)18-15(20)14-11(6-9-21-14)10-19-8-3-7-17-19/h1-5,7-8,11,14H,6,9-10H2,(H,18,20)/t11-,14-/m1/s1. The van der Waals surface area contributed by atoms with Crippen molar-refractivity contribution in [2.24, 2.45) is 5.92 Å². The summed E-state index contributed by atoms with van der Waals surface area (Å²) in [5.41, 5.74) is 0.609. The lowest BCUT2D eigenvalue weighted by Crippen LogP contribution is -2.34. The number of halogens is 1. The molecule has 2 atom stereocenters. The Morgan fingerprint density at radius 2 is 2.29 bits per heavy atom. The first-order valence-corrected chi connectivity index (χ1v) is 7.26. The molecule has 0 radical (unpaired) electrons. The van der Waals surface area contributed by atoms with Gasteiger partial charge in [0.15, 0.2) is 0 Å². The molecule has 1 aliphatic heterocycles. The molecule has 1 fully saturated rings. The molecule has 0 spiro atoms. The number of amides is 1. The predicted octanol–water partition coefficient (Wildman–Crippen LogP) is 2.58. The molecule has 6 heteroatoms. The minimum atomic E-state index is -0.467. The van der Waals surface area contributed by atoms with Crippen molar-refractivity contribution in [2.75, 3.05) is 11.9 Å². The second-order valence-electron chi connectivity index (χ2n) is 5.04. The van der Waals surface area contributed by atoms with Gasteiger partial charge in [-0.3, -0.25) is 9.48 Å². The molecule has 0 bridgehead atoms. The first-order valence-electron chi connectivity index (χ1n) is 6.88. The third-order valence-electron chi connectivity index (χ3n) is 3.59. The number of rotatable bonds is 4. The van der Waals surface area contributed by atoms with Gasteiger partial charge in [-0.1, -0.05) is 23.7 Å². The van der Waals surface area contributed by atoms with Gasteiger partial charge in [0.25, 0.3) is 5.91 Å². The van der Waals surface area contributed by atoms with Crippen molar-refractivity contribution in [3.05, 3.63) is 47.7 Å². The van der Waals surface area contributed by atoms with Crippen LogP contribution in [0.4, 0.5) is 5.69 Å². The quantitative estimate of drug-likeness (QED) is 0.944. The van der Waals surface area contributed by atoms with Crippen molar-refractivity contribution in [2.45, 2.75) is 19.1 Å². The number of benzene rings is 1. The van der Waals surface area contributed by atoms with Gasteiger partial charge >= 0.3 is 0 Å². The molecule has 2 heterocycles. The lowest BCUT2D eigenvalue weighted by atomic mass is 10.0. The molecule has 0 saturated carbocycles. The van der Waals surface area contributed by atoms with Crippen LogP contribution in [0.2, 0.25) is 5.02 Å². The van der Waals surface area contributed by atoms with Crippen LogP contribution in [0.15, 0.2) is 42.7 Å². The molecule has 5 nitrogen and oxygen atoms in total. The van der Waals surface area contributed by atoms with Crippen molar-refractivity contribution in [1.82, 2.24) is 9.78 Å². The van der Waals surface area contributed by atoms with Crippen LogP contribution in [0, 0.1) is 5.92 Å². The summed E-state index contributed by atoms with van der Waals surface area (Å²) >= 11 is 6.06. The highest BCUT2D eigenvalue weighted by atomic mass is 35.5. The predicted molar refractivity (Wildman–Crippen MR) is 80.2 cm³/mol. The van der Waals surface area contributed by atoms with E-state index in [2.05, 4.69) is 10.4 Å². The summed E-state index contributed by atoms with van der Waals surface area (Å²) in [6, 6.07) is 9.04. The van der Waals surface area contributed by atoms with Gasteiger partial charge < -0.3 is 10.1 Å². The molecule has 1 saturated heterocycles. The second-order valence-corrected chi connectivity index (χ2v) is 5.44. The van der Waals surface area contributed by atoms with Crippen LogP contribution < -0.4 is 5.32 Å². The van der Waals surface area contributed by atoms with Crippen LogP contribution in [0.1, 0.15) is 6.42 Å². The zero-order valence-corrected chi connectivity index (χ0v) is 12.2. The lowest BCUT2D eigenvalue weighted by Gasteiger charge is -2.18. The topological polar surface area (TPSA) is 56.1 Å². The number of hydrogen-bond donors (Lipinski definition) is 1. The number of carbonyl (C=O) groups excluding carboxylic acids is 1. The molecule has 1 N–H and O–H groups in total. The number of aromatic nitrogens is 2. The summed E-state index contributed by atoms with van der Waals surface area (Å²) in [5.74, 6) is -0.0369. The lowest BCUT2D eigenvalue weighted by molar-refractivity contribution is -0.126. The van der Waals surface area contributed by atoms with Crippen LogP contribution in [0.25, 0.3) is 0 Å². The molecule has 1 aromatic carbocycles. The Morgan fingerprint density at radius 3 is 3.05 bits per heavy atom. The summed E-state index contributed by atoms with van der Waals surface area (Å²) in [6.45, 7) is 1.26. The van der Waals surface area contributed by atoms with E-state index in [1.54, 1.807) is 18.3 Å². The van der Waals surface area contributed by atoms with E-state index in [0.29, 0.717) is 23.9 Å². The maximum absolute atomic E-state index is 12.4. The van der Waals surface area contributed by atoms with E-state index in [1.165, 1.54) is 0 Å². The zero-order valence-electron chi connectivity index (χ0n) is 11.4. The maximum Gasteiger partial charge on any atom is 0.253 e. The third-order valence-corrected chi connectivity index (χ3v) is 3.91. The van der Waals surface area contributed by atoms with Crippen LogP contribution in [-0.2, 0) is 16.1 Å². The molecule has 110 valence electrons. The summed E-state index contributed by atoms with van der Waals surface area (Å²) in [4.78, 5) is 12.4. The minimum absolute atomic E-state index is 0.118. The highest BCUT2D eigenvalue weighted by molar-refractivity contribution is 6.33. The number of nitrogens with one attached hydrogen (secondary N) is 1. The molecule has 1 amide bonds. The van der Waals surface area contributed by atoms with E-state index in [0.717, 1.165) is 6.42 Å². The van der Waals surface area contributed by atoms with Gasteiger partial charge in [0.05, 0.1) is 10.7 Å². The Balaban J connectivity index is 1.67. The van der Waals surface area contributed by atoms with Gasteiger partial charge in [0, 0.05) is 31.5 Å². The number of carbonyl (C=O) groups is 1. The van der Waals surface area contributed by atoms with Crippen LogP contribution in [-0.4, -0.2) is 28.4 Å². The Morgan fingerprint density at radius 1 is 1.43 bits per heavy atom. The molecule has 0 aliphatic carbocycles. The van der Waals surface area contributed by atoms with E-state index >= 15 is 0 Å². The smallest absolute Gasteiger partial charge is 0.253 e. The van der Waals surface area contributed by atoms with Gasteiger partial charge in [-0.05, 0) is 24.6 Å². The second kappa shape index (κ2) is 6.28.